The minimum Gasteiger partial charge on any atom is -0.368 e. The van der Waals surface area contributed by atoms with Gasteiger partial charge in [-0.15, -0.1) is 16.8 Å². The van der Waals surface area contributed by atoms with E-state index in [2.05, 4.69) is 26.9 Å². The number of rotatable bonds is 7. The van der Waals surface area contributed by atoms with E-state index in [1.165, 1.54) is 11.8 Å². The molecule has 118 valence electrons. The second-order valence-electron chi connectivity index (χ2n) is 4.84. The molecule has 0 amide bonds. The highest BCUT2D eigenvalue weighted by molar-refractivity contribution is 7.98. The van der Waals surface area contributed by atoms with Crippen molar-refractivity contribution in [1.29, 1.82) is 0 Å². The third kappa shape index (κ3) is 3.21. The third-order valence-electron chi connectivity index (χ3n) is 3.31. The van der Waals surface area contributed by atoms with E-state index in [-0.39, 0.29) is 6.10 Å². The van der Waals surface area contributed by atoms with E-state index in [0.717, 1.165) is 30.4 Å². The maximum Gasteiger partial charge on any atom is 0.255 e. The highest BCUT2D eigenvalue weighted by Crippen LogP contribution is 2.28. The van der Waals surface area contributed by atoms with Gasteiger partial charge in [0.2, 0.25) is 0 Å². The largest absolute Gasteiger partial charge is 0.368 e. The van der Waals surface area contributed by atoms with Crippen LogP contribution in [0.4, 0.5) is 0 Å². The van der Waals surface area contributed by atoms with Crippen molar-refractivity contribution in [3.8, 4) is 0 Å². The number of thioether (sulfide) groups is 1. The van der Waals surface area contributed by atoms with Crippen molar-refractivity contribution in [3.63, 3.8) is 0 Å². The fraction of sp³-hybridized carbons (Fsp3) is 0.538. The Labute approximate surface area is 132 Å². The minimum absolute atomic E-state index is 0.0560. The first-order valence-electron chi connectivity index (χ1n) is 7.11. The monoisotopic (exact) mass is 322 g/mol. The summed E-state index contributed by atoms with van der Waals surface area (Å²) in [6.07, 6.45) is 3.70. The van der Waals surface area contributed by atoms with E-state index in [4.69, 9.17) is 15.0 Å². The first-order chi connectivity index (χ1) is 10.8. The SMILES string of the molecule is C=CCn1c(CN)nnc1SCc1noc([C@@H]2CCCO2)n1. The summed E-state index contributed by atoms with van der Waals surface area (Å²) in [4.78, 5) is 4.38. The minimum atomic E-state index is -0.0560. The van der Waals surface area contributed by atoms with Gasteiger partial charge in [-0.2, -0.15) is 4.98 Å². The van der Waals surface area contributed by atoms with Crippen molar-refractivity contribution in [2.45, 2.75) is 42.9 Å². The fourth-order valence-electron chi connectivity index (χ4n) is 2.25. The standard InChI is InChI=1S/C13H18N6O2S/c1-2-5-19-11(7-14)16-17-13(19)22-8-10-15-12(21-18-10)9-4-3-6-20-9/h2,9H,1,3-8,14H2/t9-/m0/s1. The number of nitrogens with zero attached hydrogens (tertiary/aromatic N) is 5. The van der Waals surface area contributed by atoms with Crippen molar-refractivity contribution in [2.75, 3.05) is 6.61 Å². The van der Waals surface area contributed by atoms with Crippen molar-refractivity contribution in [1.82, 2.24) is 24.9 Å². The molecule has 1 atom stereocenters. The van der Waals surface area contributed by atoms with Crippen LogP contribution >= 0.6 is 11.8 Å². The quantitative estimate of drug-likeness (QED) is 0.603. The summed E-state index contributed by atoms with van der Waals surface area (Å²) in [5.41, 5.74) is 5.65. The fourth-order valence-corrected chi connectivity index (χ4v) is 3.06. The van der Waals surface area contributed by atoms with Crippen LogP contribution in [0.3, 0.4) is 0 Å². The van der Waals surface area contributed by atoms with Crippen LogP contribution < -0.4 is 5.73 Å². The Bertz CT molecular complexity index is 634. The van der Waals surface area contributed by atoms with Crippen molar-refractivity contribution < 1.29 is 9.26 Å². The molecule has 2 aromatic rings. The number of allylic oxidation sites excluding steroid dienone is 1. The van der Waals surface area contributed by atoms with E-state index >= 15 is 0 Å². The molecule has 0 spiro atoms. The molecule has 2 aromatic heterocycles. The summed E-state index contributed by atoms with van der Waals surface area (Å²) < 4.78 is 12.7. The highest BCUT2D eigenvalue weighted by atomic mass is 32.2. The predicted molar refractivity (Wildman–Crippen MR) is 79.9 cm³/mol. The molecule has 0 aromatic carbocycles. The summed E-state index contributed by atoms with van der Waals surface area (Å²) in [6.45, 7) is 5.45. The second-order valence-corrected chi connectivity index (χ2v) is 5.78. The van der Waals surface area contributed by atoms with Crippen LogP contribution in [-0.2, 0) is 23.6 Å². The normalized spacial score (nSPS) is 18.0. The van der Waals surface area contributed by atoms with Crippen LogP contribution in [-0.4, -0.2) is 31.5 Å². The lowest BCUT2D eigenvalue weighted by molar-refractivity contribution is 0.0835. The van der Waals surface area contributed by atoms with E-state index in [9.17, 15) is 0 Å². The highest BCUT2D eigenvalue weighted by Gasteiger charge is 2.24. The summed E-state index contributed by atoms with van der Waals surface area (Å²) in [6, 6.07) is 0. The molecule has 2 N–H and O–H groups in total. The first kappa shape index (κ1) is 15.2. The molecule has 8 nitrogen and oxygen atoms in total. The second kappa shape index (κ2) is 7.03. The summed E-state index contributed by atoms with van der Waals surface area (Å²) >= 11 is 1.49. The Hall–Kier alpha value is -1.71. The van der Waals surface area contributed by atoms with Gasteiger partial charge in [0.15, 0.2) is 11.0 Å². The number of hydrogen-bond donors (Lipinski definition) is 1. The Morgan fingerprint density at radius 1 is 1.45 bits per heavy atom. The van der Waals surface area contributed by atoms with Crippen LogP contribution in [0.25, 0.3) is 0 Å². The smallest absolute Gasteiger partial charge is 0.255 e. The van der Waals surface area contributed by atoms with Gasteiger partial charge in [0, 0.05) is 13.2 Å². The molecule has 0 aliphatic carbocycles. The van der Waals surface area contributed by atoms with Crippen molar-refractivity contribution in [3.05, 3.63) is 30.2 Å². The van der Waals surface area contributed by atoms with Gasteiger partial charge in [-0.3, -0.25) is 0 Å². The molecule has 0 bridgehead atoms. The molecule has 3 rings (SSSR count). The average molecular weight is 322 g/mol. The third-order valence-corrected chi connectivity index (χ3v) is 4.27. The number of nitrogens with two attached hydrogens (primary N) is 1. The summed E-state index contributed by atoms with van der Waals surface area (Å²) in [5.74, 6) is 2.47. The summed E-state index contributed by atoms with van der Waals surface area (Å²) in [5, 5.41) is 13.0. The lowest BCUT2D eigenvalue weighted by atomic mass is 10.2. The predicted octanol–water partition coefficient (Wildman–Crippen LogP) is 1.45. The Morgan fingerprint density at radius 2 is 2.36 bits per heavy atom. The van der Waals surface area contributed by atoms with Gasteiger partial charge >= 0.3 is 0 Å². The van der Waals surface area contributed by atoms with Gasteiger partial charge in [-0.25, -0.2) is 0 Å². The van der Waals surface area contributed by atoms with Crippen molar-refractivity contribution in [2.24, 2.45) is 5.73 Å². The maximum absolute atomic E-state index is 5.65. The van der Waals surface area contributed by atoms with Crippen LogP contribution in [0.15, 0.2) is 22.3 Å². The molecule has 0 saturated carbocycles. The topological polar surface area (TPSA) is 105 Å². The lowest BCUT2D eigenvalue weighted by Crippen LogP contribution is -2.08. The van der Waals surface area contributed by atoms with E-state index < -0.39 is 0 Å². The van der Waals surface area contributed by atoms with Crippen LogP contribution in [0.5, 0.6) is 0 Å². The van der Waals surface area contributed by atoms with Gasteiger partial charge in [0.25, 0.3) is 5.89 Å². The first-order valence-corrected chi connectivity index (χ1v) is 8.10. The van der Waals surface area contributed by atoms with E-state index in [0.29, 0.717) is 30.6 Å². The van der Waals surface area contributed by atoms with Gasteiger partial charge < -0.3 is 19.6 Å². The van der Waals surface area contributed by atoms with Gasteiger partial charge in [-0.05, 0) is 12.8 Å². The molecular weight excluding hydrogens is 304 g/mol. The molecule has 22 heavy (non-hydrogen) atoms. The zero-order valence-corrected chi connectivity index (χ0v) is 13.0. The number of aromatic nitrogens is 5. The molecule has 9 heteroatoms. The van der Waals surface area contributed by atoms with Crippen LogP contribution in [0.1, 0.15) is 36.5 Å². The maximum atomic E-state index is 5.65. The Balaban J connectivity index is 1.65. The van der Waals surface area contributed by atoms with Gasteiger partial charge in [0.1, 0.15) is 11.9 Å². The Kier molecular flexibility index (Phi) is 4.86. The molecule has 1 aliphatic rings. The number of ether oxygens (including phenoxy) is 1. The van der Waals surface area contributed by atoms with E-state index in [1.54, 1.807) is 6.08 Å². The van der Waals surface area contributed by atoms with Crippen LogP contribution in [0, 0.1) is 0 Å². The lowest BCUT2D eigenvalue weighted by Gasteiger charge is -2.04. The van der Waals surface area contributed by atoms with Gasteiger partial charge in [0.05, 0.1) is 12.3 Å². The van der Waals surface area contributed by atoms with Gasteiger partial charge in [-0.1, -0.05) is 23.0 Å². The summed E-state index contributed by atoms with van der Waals surface area (Å²) in [7, 11) is 0. The molecule has 0 unspecified atom stereocenters. The molecular formula is C13H18N6O2S. The molecule has 0 radical (unpaired) electrons. The average Bonchev–Trinajstić information content (AvgIpc) is 3.26. The molecule has 1 saturated heterocycles. The van der Waals surface area contributed by atoms with Crippen molar-refractivity contribution >= 4 is 11.8 Å². The molecule has 3 heterocycles. The van der Waals surface area contributed by atoms with E-state index in [1.807, 2.05) is 4.57 Å². The zero-order valence-electron chi connectivity index (χ0n) is 12.1. The number of hydrogen-bond acceptors (Lipinski definition) is 8. The zero-order chi connectivity index (χ0) is 15.4. The molecule has 1 aliphatic heterocycles. The molecule has 1 fully saturated rings. The van der Waals surface area contributed by atoms with Crippen LogP contribution in [0.2, 0.25) is 0 Å². The Morgan fingerprint density at radius 3 is 3.09 bits per heavy atom.